The number of piperazine rings is 1. The van der Waals surface area contributed by atoms with Crippen molar-refractivity contribution in [2.24, 2.45) is 7.05 Å². The second kappa shape index (κ2) is 6.23. The average Bonchev–Trinajstić information content (AvgIpc) is 3.11. The fraction of sp³-hybridized carbons (Fsp3) is 0.462. The molecule has 0 radical (unpaired) electrons. The molecule has 0 unspecified atom stereocenters. The molecule has 1 aliphatic rings. The summed E-state index contributed by atoms with van der Waals surface area (Å²) in [6, 6.07) is 0. The Kier molecular flexibility index (Phi) is 4.16. The first-order valence-corrected chi connectivity index (χ1v) is 7.74. The maximum Gasteiger partial charge on any atom is 0.240 e. The Bertz CT molecular complexity index is 588. The summed E-state index contributed by atoms with van der Waals surface area (Å²) in [4.78, 5) is 20.4. The molecule has 21 heavy (non-hydrogen) atoms. The van der Waals surface area contributed by atoms with Crippen LogP contribution in [0.25, 0.3) is 0 Å². The van der Waals surface area contributed by atoms with Gasteiger partial charge in [0.15, 0.2) is 5.13 Å². The van der Waals surface area contributed by atoms with E-state index >= 15 is 0 Å². The minimum absolute atomic E-state index is 0.000206. The largest absolute Gasteiger partial charge is 0.366 e. The minimum Gasteiger partial charge on any atom is -0.366 e. The number of thiazole rings is 1. The Hall–Kier alpha value is -1.93. The van der Waals surface area contributed by atoms with Gasteiger partial charge in [0, 0.05) is 51.0 Å². The second-order valence-corrected chi connectivity index (χ2v) is 5.92. The number of aromatic nitrogens is 3. The summed E-state index contributed by atoms with van der Waals surface area (Å²) in [5.74, 6) is -0.000206. The zero-order valence-corrected chi connectivity index (χ0v) is 12.7. The van der Waals surface area contributed by atoms with Gasteiger partial charge in [0.25, 0.3) is 0 Å². The number of hydrogen-bond donors (Lipinski definition) is 1. The van der Waals surface area contributed by atoms with Gasteiger partial charge in [0.05, 0.1) is 18.4 Å². The van der Waals surface area contributed by atoms with Gasteiger partial charge in [-0.25, -0.2) is 4.98 Å². The summed E-state index contributed by atoms with van der Waals surface area (Å²) in [5.41, 5.74) is 1.14. The normalized spacial score (nSPS) is 16.1. The van der Waals surface area contributed by atoms with Crippen LogP contribution >= 0.6 is 11.3 Å². The summed E-state index contributed by atoms with van der Waals surface area (Å²) in [5, 5.41) is 9.52. The summed E-state index contributed by atoms with van der Waals surface area (Å²) < 4.78 is 1.81. The van der Waals surface area contributed by atoms with Gasteiger partial charge in [-0.1, -0.05) is 0 Å². The highest BCUT2D eigenvalue weighted by Crippen LogP contribution is 2.15. The molecule has 0 spiro atoms. The van der Waals surface area contributed by atoms with Crippen LogP contribution in [0, 0.1) is 0 Å². The van der Waals surface area contributed by atoms with Gasteiger partial charge in [0.2, 0.25) is 5.91 Å². The van der Waals surface area contributed by atoms with Crippen LogP contribution in [0.1, 0.15) is 0 Å². The maximum absolute atomic E-state index is 11.9. The molecule has 1 amide bonds. The van der Waals surface area contributed by atoms with Gasteiger partial charge in [0.1, 0.15) is 0 Å². The van der Waals surface area contributed by atoms with E-state index in [9.17, 15) is 4.79 Å². The number of carbonyl (C=O) groups is 1. The van der Waals surface area contributed by atoms with Gasteiger partial charge in [-0.15, -0.1) is 11.3 Å². The topological polar surface area (TPSA) is 66.3 Å². The van der Waals surface area contributed by atoms with Crippen LogP contribution in [0.2, 0.25) is 0 Å². The molecule has 1 saturated heterocycles. The molecule has 1 fully saturated rings. The Morgan fingerprint density at radius 3 is 2.81 bits per heavy atom. The number of nitrogens with zero attached hydrogens (tertiary/aromatic N) is 5. The minimum atomic E-state index is -0.000206. The first-order valence-electron chi connectivity index (χ1n) is 6.86. The molecule has 2 aromatic rings. The molecule has 2 aromatic heterocycles. The smallest absolute Gasteiger partial charge is 0.240 e. The SMILES string of the molecule is Cn1cc(N2CCN(CC(=O)Nc3nccs3)CC2)cn1. The summed E-state index contributed by atoms with van der Waals surface area (Å²) in [6.07, 6.45) is 5.59. The van der Waals surface area contributed by atoms with Crippen LogP contribution in [0.3, 0.4) is 0 Å². The standard InChI is InChI=1S/C13H18N6OS/c1-17-9-11(8-15-17)19-5-3-18(4-6-19)10-12(20)16-13-14-2-7-21-13/h2,7-9H,3-6,10H2,1H3,(H,14,16,20). The van der Waals surface area contributed by atoms with Crippen molar-refractivity contribution < 1.29 is 4.79 Å². The maximum atomic E-state index is 11.9. The number of carbonyl (C=O) groups excluding carboxylic acids is 1. The first-order chi connectivity index (χ1) is 10.2. The number of aryl methyl sites for hydroxylation is 1. The molecular weight excluding hydrogens is 288 g/mol. The third-order valence-electron chi connectivity index (χ3n) is 3.47. The van der Waals surface area contributed by atoms with E-state index in [2.05, 4.69) is 25.2 Å². The van der Waals surface area contributed by atoms with Crippen LogP contribution in [-0.2, 0) is 11.8 Å². The average molecular weight is 306 g/mol. The van der Waals surface area contributed by atoms with E-state index in [0.717, 1.165) is 31.9 Å². The number of hydrogen-bond acceptors (Lipinski definition) is 6. The first kappa shape index (κ1) is 14.0. The highest BCUT2D eigenvalue weighted by atomic mass is 32.1. The van der Waals surface area contributed by atoms with Crippen molar-refractivity contribution in [2.75, 3.05) is 42.9 Å². The number of nitrogens with one attached hydrogen (secondary N) is 1. The van der Waals surface area contributed by atoms with E-state index in [1.165, 1.54) is 11.3 Å². The number of anilines is 2. The van der Waals surface area contributed by atoms with Gasteiger partial charge < -0.3 is 10.2 Å². The molecule has 112 valence electrons. The molecule has 0 atom stereocenters. The van der Waals surface area contributed by atoms with Crippen LogP contribution in [0.15, 0.2) is 24.0 Å². The lowest BCUT2D eigenvalue weighted by Crippen LogP contribution is -2.48. The Labute approximate surface area is 127 Å². The molecule has 1 N–H and O–H groups in total. The number of amides is 1. The van der Waals surface area contributed by atoms with Crippen LogP contribution in [0.4, 0.5) is 10.8 Å². The van der Waals surface area contributed by atoms with Crippen molar-refractivity contribution in [1.29, 1.82) is 0 Å². The Balaban J connectivity index is 1.46. The van der Waals surface area contributed by atoms with Crippen molar-refractivity contribution in [3.63, 3.8) is 0 Å². The van der Waals surface area contributed by atoms with Crippen molar-refractivity contribution in [3.05, 3.63) is 24.0 Å². The lowest BCUT2D eigenvalue weighted by Gasteiger charge is -2.34. The van der Waals surface area contributed by atoms with Gasteiger partial charge in [-0.3, -0.25) is 14.4 Å². The quantitative estimate of drug-likeness (QED) is 0.898. The Morgan fingerprint density at radius 1 is 1.38 bits per heavy atom. The predicted octanol–water partition coefficient (Wildman–Crippen LogP) is 0.637. The highest BCUT2D eigenvalue weighted by molar-refractivity contribution is 7.13. The van der Waals surface area contributed by atoms with Crippen molar-refractivity contribution in [1.82, 2.24) is 19.7 Å². The molecule has 3 rings (SSSR count). The monoisotopic (exact) mass is 306 g/mol. The van der Waals surface area contributed by atoms with Gasteiger partial charge in [-0.2, -0.15) is 5.10 Å². The zero-order chi connectivity index (χ0) is 14.7. The Morgan fingerprint density at radius 2 is 2.19 bits per heavy atom. The third kappa shape index (κ3) is 3.59. The fourth-order valence-electron chi connectivity index (χ4n) is 2.38. The zero-order valence-electron chi connectivity index (χ0n) is 11.9. The molecular formula is C13H18N6OS. The van der Waals surface area contributed by atoms with E-state index in [-0.39, 0.29) is 5.91 Å². The van der Waals surface area contributed by atoms with Crippen LogP contribution in [0.5, 0.6) is 0 Å². The van der Waals surface area contributed by atoms with Crippen molar-refractivity contribution >= 4 is 28.1 Å². The molecule has 1 aliphatic heterocycles. The van der Waals surface area contributed by atoms with Gasteiger partial charge >= 0.3 is 0 Å². The van der Waals surface area contributed by atoms with E-state index in [1.807, 2.05) is 29.5 Å². The second-order valence-electron chi connectivity index (χ2n) is 5.02. The lowest BCUT2D eigenvalue weighted by atomic mass is 10.3. The molecule has 0 bridgehead atoms. The predicted molar refractivity (Wildman–Crippen MR) is 82.6 cm³/mol. The summed E-state index contributed by atoms with van der Waals surface area (Å²) in [7, 11) is 1.92. The fourth-order valence-corrected chi connectivity index (χ4v) is 2.93. The molecule has 7 nitrogen and oxygen atoms in total. The van der Waals surface area contributed by atoms with Gasteiger partial charge in [-0.05, 0) is 0 Å². The molecule has 0 aliphatic carbocycles. The van der Waals surface area contributed by atoms with Crippen molar-refractivity contribution in [2.45, 2.75) is 0 Å². The highest BCUT2D eigenvalue weighted by Gasteiger charge is 2.20. The molecule has 0 aromatic carbocycles. The summed E-state index contributed by atoms with van der Waals surface area (Å²) >= 11 is 1.43. The summed E-state index contributed by atoms with van der Waals surface area (Å²) in [6.45, 7) is 3.99. The number of rotatable bonds is 4. The lowest BCUT2D eigenvalue weighted by molar-refractivity contribution is -0.117. The van der Waals surface area contributed by atoms with E-state index in [4.69, 9.17) is 0 Å². The van der Waals surface area contributed by atoms with Crippen LogP contribution < -0.4 is 10.2 Å². The molecule has 8 heteroatoms. The molecule has 3 heterocycles. The van der Waals surface area contributed by atoms with E-state index in [0.29, 0.717) is 11.7 Å². The molecule has 0 saturated carbocycles. The third-order valence-corrected chi connectivity index (χ3v) is 4.16. The van der Waals surface area contributed by atoms with E-state index < -0.39 is 0 Å². The van der Waals surface area contributed by atoms with Crippen molar-refractivity contribution in [3.8, 4) is 0 Å². The van der Waals surface area contributed by atoms with Crippen LogP contribution in [-0.4, -0.2) is 58.3 Å². The van der Waals surface area contributed by atoms with E-state index in [1.54, 1.807) is 6.20 Å².